The second-order valence-corrected chi connectivity index (χ2v) is 4.18. The number of amides is 1. The van der Waals surface area contributed by atoms with Gasteiger partial charge in [0.2, 0.25) is 0 Å². The fourth-order valence-electron chi connectivity index (χ4n) is 1.78. The molecule has 2 aromatic carbocycles. The molecule has 0 aliphatic heterocycles. The first kappa shape index (κ1) is 13.7. The zero-order chi connectivity index (χ0) is 14.5. The average molecular weight is 272 g/mol. The first-order valence-corrected chi connectivity index (χ1v) is 6.02. The number of nitrogens with one attached hydrogen (secondary N) is 1. The molecule has 0 aromatic heterocycles. The number of methoxy groups -OCH3 is 2. The van der Waals surface area contributed by atoms with Crippen molar-refractivity contribution in [1.82, 2.24) is 0 Å². The van der Waals surface area contributed by atoms with Crippen molar-refractivity contribution in [2.45, 2.75) is 0 Å². The van der Waals surface area contributed by atoms with Gasteiger partial charge in [-0.3, -0.25) is 4.79 Å². The van der Waals surface area contributed by atoms with Crippen LogP contribution in [0.2, 0.25) is 0 Å². The highest BCUT2D eigenvalue weighted by Gasteiger charge is 2.09. The minimum absolute atomic E-state index is 0.260. The summed E-state index contributed by atoms with van der Waals surface area (Å²) in [5.41, 5.74) is 7.29. The Balaban J connectivity index is 2.21. The number of nitrogens with two attached hydrogens (primary N) is 1. The van der Waals surface area contributed by atoms with Crippen molar-refractivity contribution in [1.29, 1.82) is 0 Å². The van der Waals surface area contributed by atoms with Gasteiger partial charge in [0.15, 0.2) is 0 Å². The Bertz CT molecular complexity index is 626. The normalized spacial score (nSPS) is 9.90. The van der Waals surface area contributed by atoms with Crippen LogP contribution in [0.5, 0.6) is 11.5 Å². The van der Waals surface area contributed by atoms with Gasteiger partial charge in [-0.2, -0.15) is 0 Å². The zero-order valence-corrected chi connectivity index (χ0v) is 11.3. The maximum Gasteiger partial charge on any atom is 0.255 e. The van der Waals surface area contributed by atoms with Crippen LogP contribution in [0.25, 0.3) is 0 Å². The van der Waals surface area contributed by atoms with Crippen LogP contribution < -0.4 is 20.5 Å². The first-order valence-electron chi connectivity index (χ1n) is 6.02. The third-order valence-electron chi connectivity index (χ3n) is 2.75. The summed E-state index contributed by atoms with van der Waals surface area (Å²) in [6.07, 6.45) is 0. The molecule has 0 radical (unpaired) electrons. The van der Waals surface area contributed by atoms with Crippen LogP contribution in [0.3, 0.4) is 0 Å². The van der Waals surface area contributed by atoms with Gasteiger partial charge in [-0.05, 0) is 24.3 Å². The van der Waals surface area contributed by atoms with Crippen LogP contribution in [-0.4, -0.2) is 20.1 Å². The Morgan fingerprint density at radius 1 is 1.05 bits per heavy atom. The molecule has 2 rings (SSSR count). The van der Waals surface area contributed by atoms with Gasteiger partial charge in [-0.25, -0.2) is 0 Å². The average Bonchev–Trinajstić information content (AvgIpc) is 2.46. The van der Waals surface area contributed by atoms with E-state index < -0.39 is 0 Å². The molecule has 104 valence electrons. The summed E-state index contributed by atoms with van der Waals surface area (Å²) in [7, 11) is 3.10. The van der Waals surface area contributed by atoms with Crippen molar-refractivity contribution in [2.24, 2.45) is 0 Å². The van der Waals surface area contributed by atoms with Gasteiger partial charge >= 0.3 is 0 Å². The summed E-state index contributed by atoms with van der Waals surface area (Å²) >= 11 is 0. The summed E-state index contributed by atoms with van der Waals surface area (Å²) in [5.74, 6) is 0.956. The van der Waals surface area contributed by atoms with Crippen molar-refractivity contribution in [3.8, 4) is 11.5 Å². The van der Waals surface area contributed by atoms with E-state index in [9.17, 15) is 4.79 Å². The van der Waals surface area contributed by atoms with E-state index in [-0.39, 0.29) is 5.91 Å². The lowest BCUT2D eigenvalue weighted by Crippen LogP contribution is -2.12. The van der Waals surface area contributed by atoms with Crippen molar-refractivity contribution < 1.29 is 14.3 Å². The minimum atomic E-state index is -0.260. The van der Waals surface area contributed by atoms with Crippen molar-refractivity contribution in [3.63, 3.8) is 0 Å². The molecule has 0 heterocycles. The largest absolute Gasteiger partial charge is 0.497 e. The molecule has 3 N–H and O–H groups in total. The van der Waals surface area contributed by atoms with Gasteiger partial charge in [0.1, 0.15) is 11.5 Å². The maximum atomic E-state index is 12.2. The minimum Gasteiger partial charge on any atom is -0.497 e. The Morgan fingerprint density at radius 2 is 1.80 bits per heavy atom. The third-order valence-corrected chi connectivity index (χ3v) is 2.75. The molecule has 0 aliphatic rings. The van der Waals surface area contributed by atoms with E-state index in [0.717, 1.165) is 0 Å². The number of carbonyl (C=O) groups is 1. The molecule has 0 atom stereocenters. The lowest BCUT2D eigenvalue weighted by atomic mass is 10.1. The van der Waals surface area contributed by atoms with Gasteiger partial charge in [0.25, 0.3) is 5.91 Å². The Hall–Kier alpha value is -2.69. The number of nitrogen functional groups attached to an aromatic ring is 1. The van der Waals surface area contributed by atoms with Crippen LogP contribution in [0.15, 0.2) is 42.5 Å². The van der Waals surface area contributed by atoms with Gasteiger partial charge in [-0.15, -0.1) is 0 Å². The molecule has 1 amide bonds. The molecule has 0 bridgehead atoms. The lowest BCUT2D eigenvalue weighted by molar-refractivity contribution is 0.102. The summed E-state index contributed by atoms with van der Waals surface area (Å²) in [5, 5.41) is 2.78. The van der Waals surface area contributed by atoms with Crippen LogP contribution in [0.4, 0.5) is 11.4 Å². The predicted octanol–water partition coefficient (Wildman–Crippen LogP) is 2.54. The number of rotatable bonds is 4. The SMILES string of the molecule is COc1cccc(NC(=O)c2cc(N)cc(OC)c2)c1. The van der Waals surface area contributed by atoms with Crippen molar-refractivity contribution in [2.75, 3.05) is 25.3 Å². The van der Waals surface area contributed by atoms with Gasteiger partial charge in [0, 0.05) is 29.1 Å². The number of hydrogen-bond acceptors (Lipinski definition) is 4. The van der Waals surface area contributed by atoms with Crippen molar-refractivity contribution >= 4 is 17.3 Å². The Morgan fingerprint density at radius 3 is 2.50 bits per heavy atom. The third kappa shape index (κ3) is 3.20. The van der Waals surface area contributed by atoms with Crippen LogP contribution in [-0.2, 0) is 0 Å². The lowest BCUT2D eigenvalue weighted by Gasteiger charge is -2.09. The molecule has 0 unspecified atom stereocenters. The van der Waals surface area contributed by atoms with Crippen LogP contribution in [0.1, 0.15) is 10.4 Å². The fourth-order valence-corrected chi connectivity index (χ4v) is 1.78. The second kappa shape index (κ2) is 5.97. The smallest absolute Gasteiger partial charge is 0.255 e. The number of ether oxygens (including phenoxy) is 2. The fraction of sp³-hybridized carbons (Fsp3) is 0.133. The van der Waals surface area contributed by atoms with Crippen LogP contribution in [0, 0.1) is 0 Å². The molecule has 0 fully saturated rings. The van der Waals surface area contributed by atoms with E-state index in [2.05, 4.69) is 5.32 Å². The quantitative estimate of drug-likeness (QED) is 0.839. The predicted molar refractivity (Wildman–Crippen MR) is 78.4 cm³/mol. The zero-order valence-electron chi connectivity index (χ0n) is 11.3. The summed E-state index contributed by atoms with van der Waals surface area (Å²) in [6, 6.07) is 12.0. The van der Waals surface area contributed by atoms with E-state index in [1.165, 1.54) is 7.11 Å². The van der Waals surface area contributed by atoms with E-state index in [4.69, 9.17) is 15.2 Å². The van der Waals surface area contributed by atoms with Gasteiger partial charge in [-0.1, -0.05) is 6.07 Å². The summed E-state index contributed by atoms with van der Waals surface area (Å²) in [6.45, 7) is 0. The van der Waals surface area contributed by atoms with E-state index in [1.807, 2.05) is 0 Å². The highest BCUT2D eigenvalue weighted by Crippen LogP contribution is 2.21. The van der Waals surface area contributed by atoms with E-state index in [1.54, 1.807) is 49.6 Å². The molecular weight excluding hydrogens is 256 g/mol. The highest BCUT2D eigenvalue weighted by molar-refractivity contribution is 6.05. The highest BCUT2D eigenvalue weighted by atomic mass is 16.5. The molecule has 0 saturated carbocycles. The van der Waals surface area contributed by atoms with Gasteiger partial charge < -0.3 is 20.5 Å². The molecule has 20 heavy (non-hydrogen) atoms. The number of carbonyl (C=O) groups excluding carboxylic acids is 1. The van der Waals surface area contributed by atoms with Crippen LogP contribution >= 0.6 is 0 Å². The monoisotopic (exact) mass is 272 g/mol. The topological polar surface area (TPSA) is 73.6 Å². The van der Waals surface area contributed by atoms with E-state index >= 15 is 0 Å². The second-order valence-electron chi connectivity index (χ2n) is 4.18. The summed E-state index contributed by atoms with van der Waals surface area (Å²) < 4.78 is 10.2. The molecule has 0 saturated heterocycles. The maximum absolute atomic E-state index is 12.2. The first-order chi connectivity index (χ1) is 9.62. The molecular formula is C15H16N2O3. The molecule has 0 spiro atoms. The molecule has 5 nitrogen and oxygen atoms in total. The number of anilines is 2. The Labute approximate surface area is 117 Å². The van der Waals surface area contributed by atoms with E-state index in [0.29, 0.717) is 28.4 Å². The number of hydrogen-bond donors (Lipinski definition) is 2. The molecule has 2 aromatic rings. The van der Waals surface area contributed by atoms with Crippen molar-refractivity contribution in [3.05, 3.63) is 48.0 Å². The number of benzene rings is 2. The standard InChI is InChI=1S/C15H16N2O3/c1-19-13-5-3-4-12(9-13)17-15(18)10-6-11(16)8-14(7-10)20-2/h3-9H,16H2,1-2H3,(H,17,18). The molecule has 0 aliphatic carbocycles. The van der Waals surface area contributed by atoms with Gasteiger partial charge in [0.05, 0.1) is 14.2 Å². The summed E-state index contributed by atoms with van der Waals surface area (Å²) in [4.78, 5) is 12.2. The Kier molecular flexibility index (Phi) is 4.10. The molecule has 5 heteroatoms.